The summed E-state index contributed by atoms with van der Waals surface area (Å²) in [6.45, 7) is 0. The van der Waals surface area contributed by atoms with Crippen LogP contribution in [0.25, 0.3) is 0 Å². The number of nitrogens with two attached hydrogens (primary N) is 1. The lowest BCUT2D eigenvalue weighted by molar-refractivity contribution is -0.121. The fourth-order valence-electron chi connectivity index (χ4n) is 3.01. The molecular formula is C18H20N2O. The fraction of sp³-hybridized carbons (Fsp3) is 0.278. The third kappa shape index (κ3) is 3.24. The van der Waals surface area contributed by atoms with Crippen LogP contribution in [0, 0.1) is 0 Å². The van der Waals surface area contributed by atoms with E-state index in [2.05, 4.69) is 11.4 Å². The third-order valence-electron chi connectivity index (χ3n) is 4.02. The van der Waals surface area contributed by atoms with Gasteiger partial charge in [-0.3, -0.25) is 4.79 Å². The Hall–Kier alpha value is -2.29. The molecule has 0 bridgehead atoms. The quantitative estimate of drug-likeness (QED) is 0.849. The highest BCUT2D eigenvalue weighted by Crippen LogP contribution is 2.30. The van der Waals surface area contributed by atoms with Crippen LogP contribution in [0.15, 0.2) is 48.5 Å². The van der Waals surface area contributed by atoms with Crippen LogP contribution < -0.4 is 11.1 Å². The predicted molar refractivity (Wildman–Crippen MR) is 84.8 cm³/mol. The molecule has 0 aromatic heterocycles. The molecule has 1 unspecified atom stereocenters. The van der Waals surface area contributed by atoms with Gasteiger partial charge in [-0.05, 0) is 48.1 Å². The molecule has 3 nitrogen and oxygen atoms in total. The Labute approximate surface area is 125 Å². The Bertz CT molecular complexity index is 637. The maximum atomic E-state index is 12.2. The number of hydrogen-bond donors (Lipinski definition) is 2. The van der Waals surface area contributed by atoms with E-state index in [1.54, 1.807) is 0 Å². The summed E-state index contributed by atoms with van der Waals surface area (Å²) >= 11 is 0. The normalized spacial score (nSPS) is 17.0. The number of carbonyl (C=O) groups excluding carboxylic acids is 1. The number of aryl methyl sites for hydroxylation is 1. The second kappa shape index (κ2) is 6.00. The number of carbonyl (C=O) groups is 1. The molecule has 1 atom stereocenters. The van der Waals surface area contributed by atoms with Gasteiger partial charge in [0.15, 0.2) is 0 Å². The van der Waals surface area contributed by atoms with Crippen molar-refractivity contribution in [2.24, 2.45) is 0 Å². The smallest absolute Gasteiger partial charge is 0.224 e. The molecule has 0 aliphatic heterocycles. The zero-order valence-corrected chi connectivity index (χ0v) is 12.0. The molecule has 3 rings (SSSR count). The fourth-order valence-corrected chi connectivity index (χ4v) is 3.01. The number of hydrogen-bond acceptors (Lipinski definition) is 2. The van der Waals surface area contributed by atoms with Crippen molar-refractivity contribution in [1.29, 1.82) is 0 Å². The molecule has 1 amide bonds. The van der Waals surface area contributed by atoms with E-state index >= 15 is 0 Å². The van der Waals surface area contributed by atoms with Gasteiger partial charge in [0.25, 0.3) is 0 Å². The maximum Gasteiger partial charge on any atom is 0.224 e. The Morgan fingerprint density at radius 2 is 2.00 bits per heavy atom. The van der Waals surface area contributed by atoms with E-state index in [1.165, 1.54) is 11.1 Å². The summed E-state index contributed by atoms with van der Waals surface area (Å²) in [5.41, 5.74) is 10.2. The summed E-state index contributed by atoms with van der Waals surface area (Å²) in [7, 11) is 0. The van der Waals surface area contributed by atoms with E-state index < -0.39 is 0 Å². The Kier molecular flexibility index (Phi) is 3.91. The molecule has 0 radical (unpaired) electrons. The van der Waals surface area contributed by atoms with Crippen LogP contribution in [0.1, 0.15) is 35.6 Å². The van der Waals surface area contributed by atoms with Crippen molar-refractivity contribution in [2.45, 2.75) is 31.7 Å². The maximum absolute atomic E-state index is 12.2. The number of fused-ring (bicyclic) bond motifs is 1. The molecule has 1 aliphatic rings. The van der Waals surface area contributed by atoms with Crippen molar-refractivity contribution in [2.75, 3.05) is 5.73 Å². The monoisotopic (exact) mass is 280 g/mol. The van der Waals surface area contributed by atoms with Crippen molar-refractivity contribution in [1.82, 2.24) is 5.32 Å². The largest absolute Gasteiger partial charge is 0.399 e. The SMILES string of the molecule is Nc1ccc2c(c1)CCCC2NC(=O)Cc1ccccc1. The minimum atomic E-state index is 0.0795. The first kappa shape index (κ1) is 13.7. The lowest BCUT2D eigenvalue weighted by atomic mass is 9.87. The number of amides is 1. The lowest BCUT2D eigenvalue weighted by Crippen LogP contribution is -2.32. The van der Waals surface area contributed by atoms with Crippen LogP contribution in [-0.4, -0.2) is 5.91 Å². The average Bonchev–Trinajstić information content (AvgIpc) is 2.48. The van der Waals surface area contributed by atoms with Crippen LogP contribution in [-0.2, 0) is 17.6 Å². The molecule has 0 heterocycles. The second-order valence-electron chi connectivity index (χ2n) is 5.63. The van der Waals surface area contributed by atoms with Crippen molar-refractivity contribution in [3.8, 4) is 0 Å². The molecule has 0 spiro atoms. The van der Waals surface area contributed by atoms with E-state index in [1.807, 2.05) is 42.5 Å². The molecule has 3 heteroatoms. The molecule has 108 valence electrons. The van der Waals surface area contributed by atoms with E-state index in [0.717, 1.165) is 30.5 Å². The summed E-state index contributed by atoms with van der Waals surface area (Å²) in [6.07, 6.45) is 3.57. The summed E-state index contributed by atoms with van der Waals surface area (Å²) in [5, 5.41) is 3.16. The van der Waals surface area contributed by atoms with E-state index in [4.69, 9.17) is 5.73 Å². The predicted octanol–water partition coefficient (Wildman–Crippen LogP) is 3.01. The van der Waals surface area contributed by atoms with Crippen LogP contribution >= 0.6 is 0 Å². The number of anilines is 1. The van der Waals surface area contributed by atoms with Crippen molar-refractivity contribution in [3.63, 3.8) is 0 Å². The molecule has 0 fully saturated rings. The number of benzene rings is 2. The molecule has 2 aromatic carbocycles. The molecule has 0 saturated heterocycles. The van der Waals surface area contributed by atoms with Crippen LogP contribution in [0.5, 0.6) is 0 Å². The molecule has 1 aliphatic carbocycles. The number of nitrogens with one attached hydrogen (secondary N) is 1. The van der Waals surface area contributed by atoms with Crippen molar-refractivity contribution < 1.29 is 4.79 Å². The second-order valence-corrected chi connectivity index (χ2v) is 5.63. The molecular weight excluding hydrogens is 260 g/mol. The minimum absolute atomic E-state index is 0.0795. The summed E-state index contributed by atoms with van der Waals surface area (Å²) in [6, 6.07) is 16.0. The number of rotatable bonds is 3. The first-order valence-corrected chi connectivity index (χ1v) is 7.44. The summed E-state index contributed by atoms with van der Waals surface area (Å²) in [4.78, 5) is 12.2. The molecule has 3 N–H and O–H groups in total. The van der Waals surface area contributed by atoms with Crippen molar-refractivity contribution >= 4 is 11.6 Å². The summed E-state index contributed by atoms with van der Waals surface area (Å²) in [5.74, 6) is 0.0795. The van der Waals surface area contributed by atoms with Crippen LogP contribution in [0.3, 0.4) is 0 Å². The van der Waals surface area contributed by atoms with Gasteiger partial charge in [-0.1, -0.05) is 36.4 Å². The standard InChI is InChI=1S/C18H20N2O/c19-15-9-10-16-14(12-15)7-4-8-17(16)20-18(21)11-13-5-2-1-3-6-13/h1-3,5-6,9-10,12,17H,4,7-8,11,19H2,(H,20,21). The van der Waals surface area contributed by atoms with E-state index in [9.17, 15) is 4.79 Å². The van der Waals surface area contributed by atoms with Gasteiger partial charge >= 0.3 is 0 Å². The highest BCUT2D eigenvalue weighted by atomic mass is 16.1. The van der Waals surface area contributed by atoms with E-state index in [-0.39, 0.29) is 11.9 Å². The number of nitrogen functional groups attached to an aromatic ring is 1. The van der Waals surface area contributed by atoms with Crippen LogP contribution in [0.2, 0.25) is 0 Å². The topological polar surface area (TPSA) is 55.1 Å². The van der Waals surface area contributed by atoms with Gasteiger partial charge in [-0.25, -0.2) is 0 Å². The lowest BCUT2D eigenvalue weighted by Gasteiger charge is -2.26. The van der Waals surface area contributed by atoms with Crippen molar-refractivity contribution in [3.05, 3.63) is 65.2 Å². The highest BCUT2D eigenvalue weighted by molar-refractivity contribution is 5.79. The van der Waals surface area contributed by atoms with Gasteiger partial charge in [-0.15, -0.1) is 0 Å². The van der Waals surface area contributed by atoms with Gasteiger partial charge in [-0.2, -0.15) is 0 Å². The Balaban J connectivity index is 1.70. The van der Waals surface area contributed by atoms with Gasteiger partial charge < -0.3 is 11.1 Å². The van der Waals surface area contributed by atoms with Gasteiger partial charge in [0, 0.05) is 5.69 Å². The zero-order valence-electron chi connectivity index (χ0n) is 12.0. The minimum Gasteiger partial charge on any atom is -0.399 e. The summed E-state index contributed by atoms with van der Waals surface area (Å²) < 4.78 is 0. The van der Waals surface area contributed by atoms with Gasteiger partial charge in [0.05, 0.1) is 12.5 Å². The Morgan fingerprint density at radius 1 is 1.19 bits per heavy atom. The first-order valence-electron chi connectivity index (χ1n) is 7.44. The average molecular weight is 280 g/mol. The van der Waals surface area contributed by atoms with Gasteiger partial charge in [0.2, 0.25) is 5.91 Å². The highest BCUT2D eigenvalue weighted by Gasteiger charge is 2.21. The molecule has 0 saturated carbocycles. The first-order chi connectivity index (χ1) is 10.2. The Morgan fingerprint density at radius 3 is 2.81 bits per heavy atom. The third-order valence-corrected chi connectivity index (χ3v) is 4.02. The molecule has 21 heavy (non-hydrogen) atoms. The van der Waals surface area contributed by atoms with Gasteiger partial charge in [0.1, 0.15) is 0 Å². The zero-order chi connectivity index (χ0) is 14.7. The van der Waals surface area contributed by atoms with Crippen LogP contribution in [0.4, 0.5) is 5.69 Å². The molecule has 2 aromatic rings. The van der Waals surface area contributed by atoms with E-state index in [0.29, 0.717) is 6.42 Å².